The first kappa shape index (κ1) is 14.0. The van der Waals surface area contributed by atoms with Crippen molar-refractivity contribution in [2.75, 3.05) is 26.2 Å². The molecule has 1 aliphatic carbocycles. The summed E-state index contributed by atoms with van der Waals surface area (Å²) >= 11 is 0. The van der Waals surface area contributed by atoms with Crippen molar-refractivity contribution in [1.82, 2.24) is 10.2 Å². The summed E-state index contributed by atoms with van der Waals surface area (Å²) in [6, 6.07) is 0. The van der Waals surface area contributed by atoms with Crippen molar-refractivity contribution in [1.29, 1.82) is 0 Å². The second-order valence-electron chi connectivity index (χ2n) is 6.53. The van der Waals surface area contributed by atoms with Crippen molar-refractivity contribution in [3.05, 3.63) is 0 Å². The minimum atomic E-state index is 0.252. The molecule has 0 aromatic carbocycles. The zero-order chi connectivity index (χ0) is 12.2. The number of hydrogen-bond donors (Lipinski definition) is 1. The van der Waals surface area contributed by atoms with E-state index in [1.165, 1.54) is 32.5 Å². The van der Waals surface area contributed by atoms with Gasteiger partial charge in [-0.15, -0.1) is 0 Å². The molecule has 1 atom stereocenters. The number of nitrogens with zero attached hydrogens (tertiary/aromatic N) is 1. The van der Waals surface area contributed by atoms with E-state index in [9.17, 15) is 0 Å². The van der Waals surface area contributed by atoms with Gasteiger partial charge in [-0.3, -0.25) is 0 Å². The third kappa shape index (κ3) is 6.49. The molecule has 1 unspecified atom stereocenters. The van der Waals surface area contributed by atoms with Crippen LogP contribution >= 0.6 is 0 Å². The van der Waals surface area contributed by atoms with E-state index in [1.54, 1.807) is 0 Å². The maximum absolute atomic E-state index is 3.59. The van der Waals surface area contributed by atoms with Crippen LogP contribution in [0.5, 0.6) is 0 Å². The molecule has 0 saturated heterocycles. The maximum atomic E-state index is 3.59. The fourth-order valence-electron chi connectivity index (χ4n) is 1.98. The van der Waals surface area contributed by atoms with Crippen LogP contribution < -0.4 is 5.32 Å². The first-order valence-corrected chi connectivity index (χ1v) is 6.88. The standard InChI is InChI=1S/C14H30N2/c1-6-16(11-13-7-8-13)10-12(2)9-15-14(3,4)5/h12-13,15H,6-11H2,1-5H3. The van der Waals surface area contributed by atoms with Gasteiger partial charge in [-0.05, 0) is 58.5 Å². The van der Waals surface area contributed by atoms with E-state index >= 15 is 0 Å². The number of nitrogens with one attached hydrogen (secondary N) is 1. The summed E-state index contributed by atoms with van der Waals surface area (Å²) in [6.45, 7) is 16.3. The van der Waals surface area contributed by atoms with Gasteiger partial charge in [-0.2, -0.15) is 0 Å². The molecule has 0 spiro atoms. The first-order chi connectivity index (χ1) is 7.40. The van der Waals surface area contributed by atoms with Gasteiger partial charge in [-0.1, -0.05) is 13.8 Å². The van der Waals surface area contributed by atoms with Crippen LogP contribution in [0.3, 0.4) is 0 Å². The predicted octanol–water partition coefficient (Wildman–Crippen LogP) is 2.74. The van der Waals surface area contributed by atoms with Crippen molar-refractivity contribution in [2.45, 2.75) is 53.0 Å². The molecule has 0 aromatic rings. The molecular weight excluding hydrogens is 196 g/mol. The highest BCUT2D eigenvalue weighted by Gasteiger charge is 2.24. The molecule has 1 saturated carbocycles. The summed E-state index contributed by atoms with van der Waals surface area (Å²) in [5, 5.41) is 3.59. The van der Waals surface area contributed by atoms with E-state index in [-0.39, 0.29) is 5.54 Å². The predicted molar refractivity (Wildman–Crippen MR) is 71.8 cm³/mol. The Hall–Kier alpha value is -0.0800. The van der Waals surface area contributed by atoms with Gasteiger partial charge >= 0.3 is 0 Å². The zero-order valence-electron chi connectivity index (χ0n) is 11.8. The molecule has 0 aromatic heterocycles. The normalized spacial score (nSPS) is 19.1. The van der Waals surface area contributed by atoms with E-state index in [2.05, 4.69) is 44.8 Å². The average Bonchev–Trinajstić information content (AvgIpc) is 2.96. The van der Waals surface area contributed by atoms with E-state index in [4.69, 9.17) is 0 Å². The van der Waals surface area contributed by atoms with Gasteiger partial charge in [0.15, 0.2) is 0 Å². The minimum absolute atomic E-state index is 0.252. The largest absolute Gasteiger partial charge is 0.312 e. The van der Waals surface area contributed by atoms with Crippen molar-refractivity contribution < 1.29 is 0 Å². The molecule has 1 rings (SSSR count). The molecule has 96 valence electrons. The number of hydrogen-bond acceptors (Lipinski definition) is 2. The second-order valence-corrected chi connectivity index (χ2v) is 6.53. The Bertz CT molecular complexity index is 191. The Balaban J connectivity index is 2.17. The van der Waals surface area contributed by atoms with E-state index < -0.39 is 0 Å². The van der Waals surface area contributed by atoms with E-state index in [1.807, 2.05) is 0 Å². The molecule has 0 radical (unpaired) electrons. The van der Waals surface area contributed by atoms with Gasteiger partial charge in [0, 0.05) is 18.6 Å². The average molecular weight is 226 g/mol. The second kappa shape index (κ2) is 6.02. The Labute approximate surface area is 102 Å². The fraction of sp³-hybridized carbons (Fsp3) is 1.00. The van der Waals surface area contributed by atoms with Crippen LogP contribution in [0, 0.1) is 11.8 Å². The fourth-order valence-corrected chi connectivity index (χ4v) is 1.98. The summed E-state index contributed by atoms with van der Waals surface area (Å²) < 4.78 is 0. The van der Waals surface area contributed by atoms with Crippen LogP contribution in [0.15, 0.2) is 0 Å². The molecule has 1 fully saturated rings. The summed E-state index contributed by atoms with van der Waals surface area (Å²) in [4.78, 5) is 2.62. The van der Waals surface area contributed by atoms with Crippen LogP contribution in [0.1, 0.15) is 47.5 Å². The van der Waals surface area contributed by atoms with Crippen molar-refractivity contribution >= 4 is 0 Å². The number of rotatable bonds is 7. The highest BCUT2D eigenvalue weighted by atomic mass is 15.1. The Kier molecular flexibility index (Phi) is 5.26. The topological polar surface area (TPSA) is 15.3 Å². The first-order valence-electron chi connectivity index (χ1n) is 6.88. The Morgan fingerprint density at radius 1 is 1.31 bits per heavy atom. The molecule has 0 amide bonds. The van der Waals surface area contributed by atoms with E-state index in [0.717, 1.165) is 18.4 Å². The van der Waals surface area contributed by atoms with Gasteiger partial charge in [0.2, 0.25) is 0 Å². The van der Waals surface area contributed by atoms with Crippen LogP contribution in [-0.4, -0.2) is 36.6 Å². The highest BCUT2D eigenvalue weighted by molar-refractivity contribution is 4.78. The van der Waals surface area contributed by atoms with Crippen LogP contribution in [0.2, 0.25) is 0 Å². The van der Waals surface area contributed by atoms with Crippen molar-refractivity contribution in [2.24, 2.45) is 11.8 Å². The molecule has 0 heterocycles. The minimum Gasteiger partial charge on any atom is -0.312 e. The lowest BCUT2D eigenvalue weighted by molar-refractivity contribution is 0.229. The third-order valence-corrected chi connectivity index (χ3v) is 3.21. The smallest absolute Gasteiger partial charge is 0.00966 e. The van der Waals surface area contributed by atoms with Crippen LogP contribution in [0.4, 0.5) is 0 Å². The lowest BCUT2D eigenvalue weighted by atomic mass is 10.1. The molecule has 16 heavy (non-hydrogen) atoms. The molecule has 2 heteroatoms. The maximum Gasteiger partial charge on any atom is 0.00966 e. The van der Waals surface area contributed by atoms with Gasteiger partial charge in [0.25, 0.3) is 0 Å². The van der Waals surface area contributed by atoms with Crippen molar-refractivity contribution in [3.63, 3.8) is 0 Å². The van der Waals surface area contributed by atoms with Crippen LogP contribution in [-0.2, 0) is 0 Å². The van der Waals surface area contributed by atoms with Gasteiger partial charge in [0.05, 0.1) is 0 Å². The van der Waals surface area contributed by atoms with E-state index in [0.29, 0.717) is 0 Å². The quantitative estimate of drug-likeness (QED) is 0.718. The molecule has 1 aliphatic rings. The van der Waals surface area contributed by atoms with Crippen LogP contribution in [0.25, 0.3) is 0 Å². The molecular formula is C14H30N2. The SMILES string of the molecule is CCN(CC(C)CNC(C)(C)C)CC1CC1. The Morgan fingerprint density at radius 2 is 1.94 bits per heavy atom. The van der Waals surface area contributed by atoms with Gasteiger partial charge in [0.1, 0.15) is 0 Å². The van der Waals surface area contributed by atoms with Crippen molar-refractivity contribution in [3.8, 4) is 0 Å². The molecule has 1 N–H and O–H groups in total. The van der Waals surface area contributed by atoms with Gasteiger partial charge in [-0.25, -0.2) is 0 Å². The molecule has 0 aliphatic heterocycles. The summed E-state index contributed by atoms with van der Waals surface area (Å²) in [7, 11) is 0. The highest BCUT2D eigenvalue weighted by Crippen LogP contribution is 2.29. The summed E-state index contributed by atoms with van der Waals surface area (Å²) in [6.07, 6.45) is 2.93. The lowest BCUT2D eigenvalue weighted by Crippen LogP contribution is -2.41. The monoisotopic (exact) mass is 226 g/mol. The molecule has 0 bridgehead atoms. The lowest BCUT2D eigenvalue weighted by Gasteiger charge is -2.27. The summed E-state index contributed by atoms with van der Waals surface area (Å²) in [5.41, 5.74) is 0.252. The molecule has 2 nitrogen and oxygen atoms in total. The zero-order valence-corrected chi connectivity index (χ0v) is 11.8. The Morgan fingerprint density at radius 3 is 2.38 bits per heavy atom. The summed E-state index contributed by atoms with van der Waals surface area (Å²) in [5.74, 6) is 1.76. The third-order valence-electron chi connectivity index (χ3n) is 3.21. The van der Waals surface area contributed by atoms with Gasteiger partial charge < -0.3 is 10.2 Å².